The fourth-order valence-corrected chi connectivity index (χ4v) is 1.83. The van der Waals surface area contributed by atoms with E-state index in [-0.39, 0.29) is 0 Å². The van der Waals surface area contributed by atoms with Crippen LogP contribution < -0.4 is 0 Å². The lowest BCUT2D eigenvalue weighted by molar-refractivity contribution is 0.426. The molecule has 4 heteroatoms. The number of benzene rings is 1. The Morgan fingerprint density at radius 1 is 1.40 bits per heavy atom. The van der Waals surface area contributed by atoms with Crippen molar-refractivity contribution in [3.8, 4) is 11.3 Å². The highest BCUT2D eigenvalue weighted by Gasteiger charge is 2.12. The van der Waals surface area contributed by atoms with Gasteiger partial charge < -0.3 is 4.52 Å². The number of hydrogen-bond acceptors (Lipinski definition) is 2. The lowest BCUT2D eigenvalue weighted by Crippen LogP contribution is -1.82. The zero-order valence-electron chi connectivity index (χ0n) is 8.13. The van der Waals surface area contributed by atoms with Gasteiger partial charge in [0.2, 0.25) is 0 Å². The maximum atomic E-state index is 5.90. The molecule has 1 aromatic heterocycles. The van der Waals surface area contributed by atoms with Gasteiger partial charge in [0.1, 0.15) is 5.69 Å². The summed E-state index contributed by atoms with van der Waals surface area (Å²) in [6, 6.07) is 7.46. The van der Waals surface area contributed by atoms with E-state index in [4.69, 9.17) is 27.7 Å². The normalized spacial score (nSPS) is 10.6. The summed E-state index contributed by atoms with van der Waals surface area (Å²) in [5.74, 6) is 1.09. The van der Waals surface area contributed by atoms with E-state index in [1.165, 1.54) is 0 Å². The van der Waals surface area contributed by atoms with Crippen LogP contribution in [0.25, 0.3) is 11.3 Å². The molecule has 0 aliphatic carbocycles. The molecule has 0 aliphatic heterocycles. The van der Waals surface area contributed by atoms with Crippen molar-refractivity contribution in [2.24, 2.45) is 0 Å². The minimum Gasteiger partial charge on any atom is -0.356 e. The Morgan fingerprint density at radius 3 is 2.80 bits per heavy atom. The highest BCUT2D eigenvalue weighted by molar-refractivity contribution is 6.30. The summed E-state index contributed by atoms with van der Waals surface area (Å²) < 4.78 is 5.23. The lowest BCUT2D eigenvalue weighted by atomic mass is 10.1. The minimum absolute atomic E-state index is 0.357. The van der Waals surface area contributed by atoms with Gasteiger partial charge in [0.05, 0.1) is 5.88 Å². The monoisotopic (exact) mass is 241 g/mol. The quantitative estimate of drug-likeness (QED) is 0.742. The van der Waals surface area contributed by atoms with E-state index in [9.17, 15) is 0 Å². The Kier molecular flexibility index (Phi) is 2.98. The molecule has 0 atom stereocenters. The molecule has 0 saturated carbocycles. The molecule has 0 saturated heterocycles. The first-order valence-corrected chi connectivity index (χ1v) is 5.40. The molecule has 0 spiro atoms. The predicted octanol–water partition coefficient (Wildman–Crippen LogP) is 4.04. The first-order chi connectivity index (χ1) is 7.22. The smallest absolute Gasteiger partial charge is 0.170 e. The molecule has 2 aromatic rings. The highest BCUT2D eigenvalue weighted by atomic mass is 35.5. The van der Waals surface area contributed by atoms with Crippen molar-refractivity contribution in [3.05, 3.63) is 40.5 Å². The molecule has 0 bridgehead atoms. The largest absolute Gasteiger partial charge is 0.356 e. The van der Waals surface area contributed by atoms with Crippen molar-refractivity contribution in [1.29, 1.82) is 0 Å². The van der Waals surface area contributed by atoms with Gasteiger partial charge in [-0.3, -0.25) is 0 Å². The maximum Gasteiger partial charge on any atom is 0.170 e. The molecular weight excluding hydrogens is 233 g/mol. The summed E-state index contributed by atoms with van der Waals surface area (Å²) in [5.41, 5.74) is 2.66. The summed E-state index contributed by atoms with van der Waals surface area (Å²) >= 11 is 11.6. The van der Waals surface area contributed by atoms with E-state index in [0.29, 0.717) is 10.9 Å². The molecule has 2 nitrogen and oxygen atoms in total. The summed E-state index contributed by atoms with van der Waals surface area (Å²) in [7, 11) is 0. The summed E-state index contributed by atoms with van der Waals surface area (Å²) in [6.45, 7) is 1.93. The van der Waals surface area contributed by atoms with Crippen LogP contribution in [0.4, 0.5) is 0 Å². The molecule has 0 N–H and O–H groups in total. The van der Waals surface area contributed by atoms with Crippen LogP contribution in [0.3, 0.4) is 0 Å². The van der Waals surface area contributed by atoms with Crippen molar-refractivity contribution in [2.45, 2.75) is 12.8 Å². The van der Waals surface area contributed by atoms with Gasteiger partial charge in [0.25, 0.3) is 0 Å². The van der Waals surface area contributed by atoms with E-state index < -0.39 is 0 Å². The number of halogens is 2. The number of hydrogen-bond donors (Lipinski definition) is 0. The Bertz CT molecular complexity index is 479. The standard InChI is InChI=1S/C11H9Cl2NO/c1-7-10(6-12)14-15-11(7)8-3-2-4-9(13)5-8/h2-5H,6H2,1H3. The van der Waals surface area contributed by atoms with Crippen LogP contribution in [0.1, 0.15) is 11.3 Å². The van der Waals surface area contributed by atoms with E-state index in [1.54, 1.807) is 0 Å². The molecule has 78 valence electrons. The van der Waals surface area contributed by atoms with E-state index in [2.05, 4.69) is 5.16 Å². The number of nitrogens with zero attached hydrogens (tertiary/aromatic N) is 1. The van der Waals surface area contributed by atoms with Gasteiger partial charge in [0, 0.05) is 16.1 Å². The van der Waals surface area contributed by atoms with Crippen LogP contribution in [0, 0.1) is 6.92 Å². The van der Waals surface area contributed by atoms with Crippen molar-refractivity contribution in [3.63, 3.8) is 0 Å². The van der Waals surface area contributed by atoms with Crippen LogP contribution in [0.15, 0.2) is 28.8 Å². The first kappa shape index (κ1) is 10.5. The number of rotatable bonds is 2. The number of aromatic nitrogens is 1. The lowest BCUT2D eigenvalue weighted by Gasteiger charge is -1.97. The molecule has 0 radical (unpaired) electrons. The molecular formula is C11H9Cl2NO. The SMILES string of the molecule is Cc1c(CCl)noc1-c1cccc(Cl)c1. The van der Waals surface area contributed by atoms with Crippen LogP contribution in [0.5, 0.6) is 0 Å². The van der Waals surface area contributed by atoms with E-state index in [0.717, 1.165) is 22.6 Å². The van der Waals surface area contributed by atoms with Gasteiger partial charge in [-0.1, -0.05) is 28.9 Å². The van der Waals surface area contributed by atoms with Crippen molar-refractivity contribution < 1.29 is 4.52 Å². The topological polar surface area (TPSA) is 26.0 Å². The van der Waals surface area contributed by atoms with Gasteiger partial charge in [0.15, 0.2) is 5.76 Å². The Morgan fingerprint density at radius 2 is 2.20 bits per heavy atom. The van der Waals surface area contributed by atoms with E-state index >= 15 is 0 Å². The summed E-state index contributed by atoms with van der Waals surface area (Å²) in [4.78, 5) is 0. The molecule has 2 rings (SSSR count). The first-order valence-electron chi connectivity index (χ1n) is 4.49. The third kappa shape index (κ3) is 2.01. The molecule has 0 fully saturated rings. The van der Waals surface area contributed by atoms with Gasteiger partial charge in [-0.15, -0.1) is 11.6 Å². The molecule has 0 unspecified atom stereocenters. The average Bonchev–Trinajstić information content (AvgIpc) is 2.59. The second kappa shape index (κ2) is 4.25. The van der Waals surface area contributed by atoms with Crippen molar-refractivity contribution in [2.75, 3.05) is 0 Å². The van der Waals surface area contributed by atoms with Crippen LogP contribution in [-0.2, 0) is 5.88 Å². The average molecular weight is 242 g/mol. The van der Waals surface area contributed by atoms with Gasteiger partial charge >= 0.3 is 0 Å². The van der Waals surface area contributed by atoms with Crippen molar-refractivity contribution >= 4 is 23.2 Å². The predicted molar refractivity (Wildman–Crippen MR) is 61.2 cm³/mol. The fraction of sp³-hybridized carbons (Fsp3) is 0.182. The zero-order valence-corrected chi connectivity index (χ0v) is 9.64. The second-order valence-electron chi connectivity index (χ2n) is 3.23. The summed E-state index contributed by atoms with van der Waals surface area (Å²) in [6.07, 6.45) is 0. The zero-order chi connectivity index (χ0) is 10.8. The highest BCUT2D eigenvalue weighted by Crippen LogP contribution is 2.28. The summed E-state index contributed by atoms with van der Waals surface area (Å²) in [5, 5.41) is 4.57. The second-order valence-corrected chi connectivity index (χ2v) is 3.93. The van der Waals surface area contributed by atoms with Gasteiger partial charge in [-0.2, -0.15) is 0 Å². The molecule has 0 aliphatic rings. The third-order valence-electron chi connectivity index (χ3n) is 2.23. The Balaban J connectivity index is 2.49. The van der Waals surface area contributed by atoms with Crippen LogP contribution in [-0.4, -0.2) is 5.16 Å². The van der Waals surface area contributed by atoms with Crippen LogP contribution >= 0.6 is 23.2 Å². The van der Waals surface area contributed by atoms with Gasteiger partial charge in [-0.05, 0) is 19.1 Å². The molecule has 1 aromatic carbocycles. The molecule has 1 heterocycles. The maximum absolute atomic E-state index is 5.90. The number of alkyl halides is 1. The minimum atomic E-state index is 0.357. The molecule has 15 heavy (non-hydrogen) atoms. The van der Waals surface area contributed by atoms with E-state index in [1.807, 2.05) is 31.2 Å². The fourth-order valence-electron chi connectivity index (χ4n) is 1.39. The Labute approximate surface area is 97.8 Å². The van der Waals surface area contributed by atoms with Crippen LogP contribution in [0.2, 0.25) is 5.02 Å². The van der Waals surface area contributed by atoms with Gasteiger partial charge in [-0.25, -0.2) is 0 Å². The third-order valence-corrected chi connectivity index (χ3v) is 2.72. The Hall–Kier alpha value is -0.990. The van der Waals surface area contributed by atoms with Crippen molar-refractivity contribution in [1.82, 2.24) is 5.16 Å². The molecule has 0 amide bonds.